The monoisotopic (exact) mass is 228 g/mol. The van der Waals surface area contributed by atoms with Gasteiger partial charge in [0.2, 0.25) is 0 Å². The van der Waals surface area contributed by atoms with E-state index in [1.165, 1.54) is 12.0 Å². The third kappa shape index (κ3) is 2.67. The van der Waals surface area contributed by atoms with E-state index in [4.69, 9.17) is 0 Å². The fourth-order valence-corrected chi connectivity index (χ4v) is 9.84. The summed E-state index contributed by atoms with van der Waals surface area (Å²) in [5, 5.41) is 0. The molecule has 0 saturated carbocycles. The van der Waals surface area contributed by atoms with Gasteiger partial charge >= 0.3 is 75.8 Å². The molecule has 0 aromatic heterocycles. The molecule has 0 heterocycles. The van der Waals surface area contributed by atoms with Gasteiger partial charge in [0.1, 0.15) is 0 Å². The van der Waals surface area contributed by atoms with Crippen LogP contribution in [0.3, 0.4) is 0 Å². The van der Waals surface area contributed by atoms with Crippen molar-refractivity contribution in [2.75, 3.05) is 0 Å². The van der Waals surface area contributed by atoms with Gasteiger partial charge in [-0.2, -0.15) is 0 Å². The molecule has 0 atom stereocenters. The maximum absolute atomic E-state index is 2.49. The zero-order valence-electron chi connectivity index (χ0n) is 6.94. The summed E-state index contributed by atoms with van der Waals surface area (Å²) in [6.07, 6.45) is 6.11. The van der Waals surface area contributed by atoms with Gasteiger partial charge in [-0.3, -0.25) is 0 Å². The van der Waals surface area contributed by atoms with Crippen LogP contribution in [0.15, 0.2) is 21.0 Å². The van der Waals surface area contributed by atoms with Crippen LogP contribution in [-0.2, 0) is 22.4 Å². The molecule has 0 aliphatic heterocycles. The average Bonchev–Trinajstić information content (AvgIpc) is 2.13. The Morgan fingerprint density at radius 2 is 2.20 bits per heavy atom. The first-order valence-electron chi connectivity index (χ1n) is 3.82. The van der Waals surface area contributed by atoms with Crippen molar-refractivity contribution in [1.82, 2.24) is 0 Å². The Morgan fingerprint density at radius 3 is 2.60 bits per heavy atom. The second kappa shape index (κ2) is 3.82. The summed E-state index contributed by atoms with van der Waals surface area (Å²) in [6, 6.07) is 0. The molecule has 0 bridgehead atoms. The molecule has 0 N–H and O–H groups in total. The average molecular weight is 230 g/mol. The summed E-state index contributed by atoms with van der Waals surface area (Å²) in [4.78, 5) is 0. The van der Waals surface area contributed by atoms with Crippen molar-refractivity contribution in [3.05, 3.63) is 21.0 Å². The third-order valence-corrected chi connectivity index (χ3v) is 10.3. The van der Waals surface area contributed by atoms with Crippen LogP contribution >= 0.6 is 0 Å². The topological polar surface area (TPSA) is 0 Å². The van der Waals surface area contributed by atoms with Crippen molar-refractivity contribution in [3.8, 4) is 0 Å². The van der Waals surface area contributed by atoms with Gasteiger partial charge in [0.05, 0.1) is 0 Å². The summed E-state index contributed by atoms with van der Waals surface area (Å²) >= 11 is -0.0239. The fraction of sp³-hybridized carbons (Fsp3) is 0.500. The summed E-state index contributed by atoms with van der Waals surface area (Å²) in [6.45, 7) is 7.19. The van der Waals surface area contributed by atoms with Crippen LogP contribution < -0.4 is 0 Å². The van der Waals surface area contributed by atoms with E-state index in [1.807, 2.05) is 3.28 Å². The van der Waals surface area contributed by atoms with Crippen LogP contribution in [0.2, 0.25) is 13.1 Å². The summed E-state index contributed by atoms with van der Waals surface area (Å²) in [5.41, 5.74) is 1.51. The van der Waals surface area contributed by atoms with Crippen molar-refractivity contribution in [1.29, 1.82) is 0 Å². The molecule has 0 radical (unpaired) electrons. The van der Waals surface area contributed by atoms with Crippen LogP contribution in [0, 0.1) is 0 Å². The molecule has 2 heteroatoms. The van der Waals surface area contributed by atoms with Crippen LogP contribution in [0.4, 0.5) is 0 Å². The van der Waals surface area contributed by atoms with E-state index >= 15 is 0 Å². The Bertz CT molecular complexity index is 180. The Labute approximate surface area is 75.5 Å². The maximum atomic E-state index is 2.49. The predicted molar refractivity (Wildman–Crippen MR) is 45.3 cm³/mol. The minimum absolute atomic E-state index is 0.0239. The van der Waals surface area contributed by atoms with Gasteiger partial charge < -0.3 is 0 Å². The number of hydrogen-bond acceptors (Lipinski definition) is 0. The van der Waals surface area contributed by atoms with E-state index in [0.717, 1.165) is 0 Å². The van der Waals surface area contributed by atoms with E-state index < -0.39 is 0 Å². The molecule has 0 aromatic rings. The molecule has 0 saturated heterocycles. The van der Waals surface area contributed by atoms with Crippen molar-refractivity contribution in [2.24, 2.45) is 0 Å². The molecule has 1 aliphatic carbocycles. The van der Waals surface area contributed by atoms with Gasteiger partial charge in [0.15, 0.2) is 0 Å². The molecule has 0 spiro atoms. The van der Waals surface area contributed by atoms with Gasteiger partial charge in [-0.25, -0.2) is 0 Å². The number of rotatable bonds is 2. The first kappa shape index (κ1) is 8.67. The summed E-state index contributed by atoms with van der Waals surface area (Å²) in [5.74, 6) is -0.183. The van der Waals surface area contributed by atoms with Gasteiger partial charge in [-0.1, -0.05) is 0 Å². The Morgan fingerprint density at radius 1 is 1.50 bits per heavy atom. The van der Waals surface area contributed by atoms with Gasteiger partial charge in [-0.05, 0) is 0 Å². The molecule has 0 amide bonds. The van der Waals surface area contributed by atoms with Crippen molar-refractivity contribution in [3.63, 3.8) is 0 Å². The zero-order valence-corrected chi connectivity index (χ0v) is 10.6. The van der Waals surface area contributed by atoms with Crippen LogP contribution in [-0.4, -0.2) is 5.92 Å². The van der Waals surface area contributed by atoms with Gasteiger partial charge in [0, 0.05) is 0 Å². The second-order valence-electron chi connectivity index (χ2n) is 3.12. The third-order valence-electron chi connectivity index (χ3n) is 1.52. The van der Waals surface area contributed by atoms with E-state index in [0.29, 0.717) is 0 Å². The Hall–Kier alpha value is 0.580. The van der Waals surface area contributed by atoms with Gasteiger partial charge in [0.25, 0.3) is 0 Å². The van der Waals surface area contributed by atoms with Crippen molar-refractivity contribution in [2.45, 2.75) is 26.4 Å². The molecule has 10 heavy (non-hydrogen) atoms. The molecule has 0 unspecified atom stereocenters. The van der Waals surface area contributed by atoms with E-state index in [9.17, 15) is 0 Å². The minimum atomic E-state index is -0.183. The van der Waals surface area contributed by atoms with E-state index in [-0.39, 0.29) is 28.3 Å². The first-order chi connectivity index (χ1) is 4.68. The van der Waals surface area contributed by atoms with Crippen LogP contribution in [0.25, 0.3) is 0 Å². The van der Waals surface area contributed by atoms with Crippen molar-refractivity contribution < 1.29 is 22.4 Å². The van der Waals surface area contributed by atoms with E-state index in [1.54, 1.807) is 0 Å². The SMILES string of the molecule is CC1=CC[C]([Zr][SiH](C)C)=C1. The molecule has 0 fully saturated rings. The quantitative estimate of drug-likeness (QED) is 0.638. The molecule has 1 aliphatic rings. The standard InChI is InChI=1S/C6H7.C2H7Si.Zr/c1-6-4-2-3-5-6;1-3-2;/h4-5H,2H2,1H3;3H,1-2H3;. The molecule has 1 rings (SSSR count). The molecule has 0 aromatic carbocycles. The Kier molecular flexibility index (Phi) is 3.32. The number of hydrogen-bond donors (Lipinski definition) is 0. The fourth-order valence-electron chi connectivity index (χ4n) is 1.14. The first-order valence-corrected chi connectivity index (χ1v) is 12.2. The number of allylic oxidation sites excluding steroid dienone is 4. The second-order valence-corrected chi connectivity index (χ2v) is 17.9. The summed E-state index contributed by atoms with van der Waals surface area (Å²) in [7, 11) is 0. The molecular weight excluding hydrogens is 215 g/mol. The van der Waals surface area contributed by atoms with Crippen LogP contribution in [0.5, 0.6) is 0 Å². The molecular formula is C8H14SiZr. The Balaban J connectivity index is 2.41. The normalized spacial score (nSPS) is 17.2. The molecule has 0 nitrogen and oxygen atoms in total. The van der Waals surface area contributed by atoms with Crippen molar-refractivity contribution >= 4 is 5.92 Å². The predicted octanol–water partition coefficient (Wildman–Crippen LogP) is 2.29. The zero-order chi connectivity index (χ0) is 7.56. The van der Waals surface area contributed by atoms with Crippen LogP contribution in [0.1, 0.15) is 13.3 Å². The van der Waals surface area contributed by atoms with Gasteiger partial charge in [-0.15, -0.1) is 0 Å². The molecule has 54 valence electrons. The summed E-state index contributed by atoms with van der Waals surface area (Å²) < 4.78 is 1.84. The van der Waals surface area contributed by atoms with E-state index in [2.05, 4.69) is 32.2 Å².